The van der Waals surface area contributed by atoms with Gasteiger partial charge in [0.15, 0.2) is 0 Å². The monoisotopic (exact) mass is 215 g/mol. The van der Waals surface area contributed by atoms with Crippen molar-refractivity contribution in [2.45, 2.75) is 6.42 Å². The Morgan fingerprint density at radius 2 is 2.07 bits per heavy atom. The van der Waals surface area contributed by atoms with E-state index in [4.69, 9.17) is 0 Å². The smallest absolute Gasteiger partial charge is 0.327 e. The average Bonchev–Trinajstić information content (AvgIpc) is 2.54. The number of hydrogen-bond donors (Lipinski definition) is 0. The summed E-state index contributed by atoms with van der Waals surface area (Å²) in [5, 5.41) is 0. The van der Waals surface area contributed by atoms with Crippen molar-refractivity contribution in [1.82, 2.24) is 4.90 Å². The Balaban J connectivity index is 1.84. The first-order chi connectivity index (χ1) is 6.74. The van der Waals surface area contributed by atoms with Crippen LogP contribution in [0.15, 0.2) is 0 Å². The van der Waals surface area contributed by atoms with Crippen molar-refractivity contribution in [2.24, 2.45) is 5.92 Å². The number of cyclic esters (lactones) is 2. The van der Waals surface area contributed by atoms with Gasteiger partial charge in [-0.2, -0.15) is 11.8 Å². The molecule has 0 spiro atoms. The molecule has 2 rings (SSSR count). The molecular weight excluding hydrogens is 202 g/mol. The maximum Gasteiger partial charge on any atom is 0.327 e. The number of morpholine rings is 1. The number of nitrogens with zero attached hydrogens (tertiary/aromatic N) is 1. The summed E-state index contributed by atoms with van der Waals surface area (Å²) in [4.78, 5) is 23.8. The second-order valence-corrected chi connectivity index (χ2v) is 4.90. The highest BCUT2D eigenvalue weighted by molar-refractivity contribution is 7.99. The van der Waals surface area contributed by atoms with Crippen molar-refractivity contribution in [3.05, 3.63) is 0 Å². The summed E-state index contributed by atoms with van der Waals surface area (Å²) in [6.45, 7) is 1.40. The fourth-order valence-corrected chi connectivity index (χ4v) is 3.11. The molecule has 1 unspecified atom stereocenters. The van der Waals surface area contributed by atoms with Crippen LogP contribution in [0.4, 0.5) is 0 Å². The van der Waals surface area contributed by atoms with E-state index in [0.717, 1.165) is 12.3 Å². The van der Waals surface area contributed by atoms with Crippen LogP contribution in [0.5, 0.6) is 0 Å². The van der Waals surface area contributed by atoms with Crippen LogP contribution in [0, 0.1) is 5.92 Å². The van der Waals surface area contributed by atoms with E-state index in [0.29, 0.717) is 5.92 Å². The number of thioether (sulfide) groups is 1. The summed E-state index contributed by atoms with van der Waals surface area (Å²) in [5.41, 5.74) is 0. The van der Waals surface area contributed by atoms with E-state index >= 15 is 0 Å². The van der Waals surface area contributed by atoms with Gasteiger partial charge in [0.1, 0.15) is 0 Å². The zero-order valence-electron chi connectivity index (χ0n) is 7.90. The number of esters is 2. The maximum absolute atomic E-state index is 11.0. The van der Waals surface area contributed by atoms with Crippen molar-refractivity contribution in [3.8, 4) is 0 Å². The van der Waals surface area contributed by atoms with Gasteiger partial charge in [0.25, 0.3) is 0 Å². The van der Waals surface area contributed by atoms with E-state index in [1.807, 2.05) is 16.7 Å². The molecule has 2 saturated heterocycles. The first-order valence-corrected chi connectivity index (χ1v) is 5.93. The zero-order chi connectivity index (χ0) is 9.97. The molecule has 1 atom stereocenters. The van der Waals surface area contributed by atoms with E-state index < -0.39 is 11.9 Å². The van der Waals surface area contributed by atoms with Gasteiger partial charge in [-0.1, -0.05) is 0 Å². The molecule has 0 bridgehead atoms. The lowest BCUT2D eigenvalue weighted by atomic mass is 10.1. The lowest BCUT2D eigenvalue weighted by Crippen LogP contribution is -2.44. The molecule has 2 aliphatic rings. The highest BCUT2D eigenvalue weighted by Gasteiger charge is 2.27. The SMILES string of the molecule is O=C1CN(CC2CCSC2)CC(=O)O1. The highest BCUT2D eigenvalue weighted by atomic mass is 32.2. The summed E-state index contributed by atoms with van der Waals surface area (Å²) in [5.74, 6) is 2.17. The van der Waals surface area contributed by atoms with Crippen molar-refractivity contribution < 1.29 is 14.3 Å². The van der Waals surface area contributed by atoms with Crippen molar-refractivity contribution >= 4 is 23.7 Å². The summed E-state index contributed by atoms with van der Waals surface area (Å²) >= 11 is 1.94. The fourth-order valence-electron chi connectivity index (χ4n) is 1.83. The molecule has 0 radical (unpaired) electrons. The number of ether oxygens (including phenoxy) is 1. The molecule has 0 saturated carbocycles. The fraction of sp³-hybridized carbons (Fsp3) is 0.778. The third-order valence-corrected chi connectivity index (χ3v) is 3.70. The van der Waals surface area contributed by atoms with E-state index in [9.17, 15) is 9.59 Å². The van der Waals surface area contributed by atoms with Gasteiger partial charge in [0, 0.05) is 6.54 Å². The van der Waals surface area contributed by atoms with Crippen LogP contribution in [-0.2, 0) is 14.3 Å². The minimum absolute atomic E-state index is 0.271. The third-order valence-electron chi connectivity index (χ3n) is 2.47. The number of rotatable bonds is 2. The van der Waals surface area contributed by atoms with Gasteiger partial charge < -0.3 is 4.74 Å². The molecule has 4 nitrogen and oxygen atoms in total. The third kappa shape index (κ3) is 2.48. The predicted molar refractivity (Wildman–Crippen MR) is 53.0 cm³/mol. The van der Waals surface area contributed by atoms with Crippen molar-refractivity contribution in [1.29, 1.82) is 0 Å². The minimum Gasteiger partial charge on any atom is -0.391 e. The van der Waals surface area contributed by atoms with Gasteiger partial charge in [-0.25, -0.2) is 0 Å². The summed E-state index contributed by atoms with van der Waals surface area (Å²) in [6.07, 6.45) is 1.20. The van der Waals surface area contributed by atoms with Crippen LogP contribution >= 0.6 is 11.8 Å². The Bertz CT molecular complexity index is 234. The normalized spacial score (nSPS) is 29.3. The van der Waals surface area contributed by atoms with Crippen LogP contribution in [-0.4, -0.2) is 48.0 Å². The van der Waals surface area contributed by atoms with Crippen LogP contribution < -0.4 is 0 Å². The Labute approximate surface area is 87.0 Å². The number of carbonyl (C=O) groups is 2. The molecule has 0 N–H and O–H groups in total. The molecule has 78 valence electrons. The lowest BCUT2D eigenvalue weighted by Gasteiger charge is -2.26. The lowest BCUT2D eigenvalue weighted by molar-refractivity contribution is -0.166. The van der Waals surface area contributed by atoms with Gasteiger partial charge in [-0.3, -0.25) is 14.5 Å². The van der Waals surface area contributed by atoms with Crippen LogP contribution in [0.1, 0.15) is 6.42 Å². The Morgan fingerprint density at radius 1 is 1.36 bits per heavy atom. The molecule has 5 heteroatoms. The molecule has 2 heterocycles. The number of hydrogen-bond acceptors (Lipinski definition) is 5. The minimum atomic E-state index is -0.410. The average molecular weight is 215 g/mol. The van der Waals surface area contributed by atoms with Gasteiger partial charge in [0.05, 0.1) is 13.1 Å². The largest absolute Gasteiger partial charge is 0.391 e. The van der Waals surface area contributed by atoms with E-state index in [2.05, 4.69) is 4.74 Å². The molecule has 2 fully saturated rings. The Kier molecular flexibility index (Phi) is 3.08. The maximum atomic E-state index is 11.0. The zero-order valence-corrected chi connectivity index (χ0v) is 8.72. The van der Waals surface area contributed by atoms with Crippen LogP contribution in [0.3, 0.4) is 0 Å². The second-order valence-electron chi connectivity index (χ2n) is 3.75. The van der Waals surface area contributed by atoms with Gasteiger partial charge >= 0.3 is 11.9 Å². The number of carbonyl (C=O) groups excluding carboxylic acids is 2. The van der Waals surface area contributed by atoms with Crippen molar-refractivity contribution in [2.75, 3.05) is 31.1 Å². The first-order valence-electron chi connectivity index (χ1n) is 4.77. The highest BCUT2D eigenvalue weighted by Crippen LogP contribution is 2.24. The Morgan fingerprint density at radius 3 is 2.64 bits per heavy atom. The van der Waals surface area contributed by atoms with Crippen LogP contribution in [0.25, 0.3) is 0 Å². The molecule has 0 aliphatic carbocycles. The molecule has 0 aromatic heterocycles. The van der Waals surface area contributed by atoms with Gasteiger partial charge in [0.2, 0.25) is 0 Å². The predicted octanol–water partition coefficient (Wildman–Crippen LogP) is 0.125. The molecule has 0 aromatic rings. The van der Waals surface area contributed by atoms with E-state index in [1.54, 1.807) is 0 Å². The summed E-state index contributed by atoms with van der Waals surface area (Å²) in [6, 6.07) is 0. The van der Waals surface area contributed by atoms with Gasteiger partial charge in [-0.05, 0) is 23.8 Å². The van der Waals surface area contributed by atoms with Crippen molar-refractivity contribution in [3.63, 3.8) is 0 Å². The second kappa shape index (κ2) is 4.31. The molecular formula is C9H13NO3S. The first kappa shape index (κ1) is 9.98. The van der Waals surface area contributed by atoms with Gasteiger partial charge in [-0.15, -0.1) is 0 Å². The molecule has 14 heavy (non-hydrogen) atoms. The standard InChI is InChI=1S/C9H13NO3S/c11-8-4-10(5-9(12)13-8)3-7-1-2-14-6-7/h7H,1-6H2. The molecule has 2 aliphatic heterocycles. The molecule has 0 aromatic carbocycles. The Hall–Kier alpha value is -0.550. The quantitative estimate of drug-likeness (QED) is 0.484. The summed E-state index contributed by atoms with van der Waals surface area (Å²) in [7, 11) is 0. The van der Waals surface area contributed by atoms with E-state index in [1.165, 1.54) is 12.2 Å². The molecule has 0 amide bonds. The topological polar surface area (TPSA) is 46.6 Å². The van der Waals surface area contributed by atoms with Crippen LogP contribution in [0.2, 0.25) is 0 Å². The summed E-state index contributed by atoms with van der Waals surface area (Å²) < 4.78 is 4.46. The van der Waals surface area contributed by atoms with E-state index in [-0.39, 0.29) is 13.1 Å².